The third-order valence-electron chi connectivity index (χ3n) is 2.39. The van der Waals surface area contributed by atoms with Crippen molar-refractivity contribution in [3.63, 3.8) is 0 Å². The summed E-state index contributed by atoms with van der Waals surface area (Å²) in [5.41, 5.74) is 3.20. The maximum atomic E-state index is 2.39. The van der Waals surface area contributed by atoms with Crippen molar-refractivity contribution >= 4 is 13.9 Å². The zero-order chi connectivity index (χ0) is 7.68. The lowest BCUT2D eigenvalue weighted by molar-refractivity contribution is 0.912. The highest BCUT2D eigenvalue weighted by molar-refractivity contribution is 7.46. The van der Waals surface area contributed by atoms with E-state index in [-0.39, 0.29) is 0 Å². The number of benzene rings is 1. The summed E-state index contributed by atoms with van der Waals surface area (Å²) in [5.74, 6) is 0. The minimum Gasteiger partial charge on any atom is -0.0936 e. The fraction of sp³-hybridized carbons (Fsp3) is 0.400. The van der Waals surface area contributed by atoms with E-state index in [0.717, 1.165) is 8.58 Å². The van der Waals surface area contributed by atoms with Gasteiger partial charge in [0.2, 0.25) is 0 Å². The Morgan fingerprint density at radius 1 is 1.18 bits per heavy atom. The number of fused-ring (bicyclic) bond motifs is 1. The normalized spacial score (nSPS) is 16.1. The lowest BCUT2D eigenvalue weighted by Gasteiger charge is -2.00. The second-order valence-corrected chi connectivity index (χ2v) is 4.16. The Bertz CT molecular complexity index is 266. The highest BCUT2D eigenvalue weighted by Crippen LogP contribution is 2.21. The van der Waals surface area contributed by atoms with Crippen molar-refractivity contribution < 1.29 is 0 Å². The van der Waals surface area contributed by atoms with Crippen LogP contribution in [-0.2, 0) is 12.8 Å². The van der Waals surface area contributed by atoms with Gasteiger partial charge in [-0.05, 0) is 42.4 Å². The van der Waals surface area contributed by atoms with Gasteiger partial charge in [-0.3, -0.25) is 0 Å². The van der Waals surface area contributed by atoms with Gasteiger partial charge in [0.1, 0.15) is 0 Å². The molecule has 0 aromatic heterocycles. The zero-order valence-corrected chi connectivity index (χ0v) is 7.85. The van der Waals surface area contributed by atoms with Crippen LogP contribution in [0.15, 0.2) is 18.2 Å². The highest BCUT2D eigenvalue weighted by atomic mass is 31.1. The maximum Gasteiger partial charge on any atom is -0.0271 e. The van der Waals surface area contributed by atoms with Crippen LogP contribution in [0.1, 0.15) is 17.5 Å². The molecule has 1 aromatic rings. The van der Waals surface area contributed by atoms with Gasteiger partial charge in [-0.15, -0.1) is 0 Å². The lowest BCUT2D eigenvalue weighted by atomic mass is 10.1. The van der Waals surface area contributed by atoms with E-state index >= 15 is 0 Å². The van der Waals surface area contributed by atoms with Crippen molar-refractivity contribution in [3.05, 3.63) is 29.3 Å². The average molecular weight is 164 g/mol. The molecule has 0 fully saturated rings. The second-order valence-electron chi connectivity index (χ2n) is 3.09. The molecule has 0 N–H and O–H groups in total. The molecular formula is C10H13P. The molecule has 0 aliphatic heterocycles. The minimum atomic E-state index is 0.954. The summed E-state index contributed by atoms with van der Waals surface area (Å²) in [5, 5.41) is 1.52. The summed E-state index contributed by atoms with van der Waals surface area (Å²) in [6.45, 7) is 2.25. The van der Waals surface area contributed by atoms with Crippen LogP contribution < -0.4 is 5.30 Å². The van der Waals surface area contributed by atoms with Gasteiger partial charge in [0.25, 0.3) is 0 Å². The predicted molar refractivity (Wildman–Crippen MR) is 52.3 cm³/mol. The molecule has 1 heteroatoms. The van der Waals surface area contributed by atoms with E-state index < -0.39 is 0 Å². The van der Waals surface area contributed by atoms with Crippen LogP contribution in [0.5, 0.6) is 0 Å². The first-order valence-electron chi connectivity index (χ1n) is 4.20. The van der Waals surface area contributed by atoms with Gasteiger partial charge >= 0.3 is 0 Å². The van der Waals surface area contributed by atoms with Gasteiger partial charge in [0, 0.05) is 0 Å². The van der Waals surface area contributed by atoms with Crippen molar-refractivity contribution in [3.8, 4) is 0 Å². The summed E-state index contributed by atoms with van der Waals surface area (Å²) in [4.78, 5) is 0. The molecule has 58 valence electrons. The SMILES string of the molecule is CPc1ccc2c(c1)CCC2. The number of rotatable bonds is 1. The third-order valence-corrected chi connectivity index (χ3v) is 3.28. The van der Waals surface area contributed by atoms with Crippen LogP contribution >= 0.6 is 8.58 Å². The van der Waals surface area contributed by atoms with Gasteiger partial charge in [-0.25, -0.2) is 0 Å². The molecule has 11 heavy (non-hydrogen) atoms. The number of aryl methyl sites for hydroxylation is 2. The molecule has 0 bridgehead atoms. The Labute approximate surface area is 69.8 Å². The Balaban J connectivity index is 2.41. The molecule has 0 saturated carbocycles. The van der Waals surface area contributed by atoms with Crippen molar-refractivity contribution in [2.45, 2.75) is 19.3 Å². The Hall–Kier alpha value is -0.350. The van der Waals surface area contributed by atoms with E-state index in [1.165, 1.54) is 24.6 Å². The average Bonchev–Trinajstić information content (AvgIpc) is 2.50. The third kappa shape index (κ3) is 1.32. The molecule has 0 saturated heterocycles. The summed E-state index contributed by atoms with van der Waals surface area (Å²) < 4.78 is 0. The van der Waals surface area contributed by atoms with Crippen molar-refractivity contribution in [2.24, 2.45) is 0 Å². The molecule has 0 nitrogen and oxygen atoms in total. The fourth-order valence-corrected chi connectivity index (χ4v) is 2.30. The van der Waals surface area contributed by atoms with E-state index in [1.54, 1.807) is 11.1 Å². The van der Waals surface area contributed by atoms with Crippen molar-refractivity contribution in [1.82, 2.24) is 0 Å². The molecule has 1 atom stereocenters. The van der Waals surface area contributed by atoms with Crippen LogP contribution in [0.4, 0.5) is 0 Å². The van der Waals surface area contributed by atoms with Crippen LogP contribution in [0.3, 0.4) is 0 Å². The van der Waals surface area contributed by atoms with Gasteiger partial charge in [0.05, 0.1) is 0 Å². The summed E-state index contributed by atoms with van der Waals surface area (Å²) >= 11 is 0. The molecule has 0 amide bonds. The molecule has 1 unspecified atom stereocenters. The quantitative estimate of drug-likeness (QED) is 0.558. The maximum absolute atomic E-state index is 2.39. The molecule has 1 aliphatic rings. The van der Waals surface area contributed by atoms with Crippen LogP contribution in [0.25, 0.3) is 0 Å². The first kappa shape index (κ1) is 7.31. The van der Waals surface area contributed by atoms with E-state index in [4.69, 9.17) is 0 Å². The van der Waals surface area contributed by atoms with Crippen molar-refractivity contribution in [1.29, 1.82) is 0 Å². The fourth-order valence-electron chi connectivity index (χ4n) is 1.73. The minimum absolute atomic E-state index is 0.954. The van der Waals surface area contributed by atoms with Gasteiger partial charge in [-0.1, -0.05) is 26.8 Å². The Morgan fingerprint density at radius 3 is 2.82 bits per heavy atom. The predicted octanol–water partition coefficient (Wildman–Crippen LogP) is 2.11. The van der Waals surface area contributed by atoms with Gasteiger partial charge < -0.3 is 0 Å². The highest BCUT2D eigenvalue weighted by Gasteiger charge is 2.09. The van der Waals surface area contributed by atoms with E-state index in [9.17, 15) is 0 Å². The Kier molecular flexibility index (Phi) is 1.96. The molecule has 0 spiro atoms. The molecule has 0 radical (unpaired) electrons. The molecule has 0 heterocycles. The van der Waals surface area contributed by atoms with E-state index in [1.807, 2.05) is 0 Å². The van der Waals surface area contributed by atoms with E-state index in [0.29, 0.717) is 0 Å². The molecule has 1 aromatic carbocycles. The molecule has 2 rings (SSSR count). The van der Waals surface area contributed by atoms with Gasteiger partial charge in [-0.2, -0.15) is 0 Å². The Morgan fingerprint density at radius 2 is 2.00 bits per heavy atom. The lowest BCUT2D eigenvalue weighted by Crippen LogP contribution is -1.95. The van der Waals surface area contributed by atoms with Crippen molar-refractivity contribution in [2.75, 3.05) is 6.66 Å². The van der Waals surface area contributed by atoms with Crippen LogP contribution in [0, 0.1) is 0 Å². The summed E-state index contributed by atoms with van der Waals surface area (Å²) in [6, 6.07) is 6.98. The second kappa shape index (κ2) is 2.95. The first-order valence-corrected chi connectivity index (χ1v) is 5.70. The zero-order valence-electron chi connectivity index (χ0n) is 6.85. The largest absolute Gasteiger partial charge is 0.0936 e. The van der Waals surface area contributed by atoms with Crippen LogP contribution in [-0.4, -0.2) is 6.66 Å². The van der Waals surface area contributed by atoms with Gasteiger partial charge in [0.15, 0.2) is 0 Å². The number of hydrogen-bond donors (Lipinski definition) is 0. The van der Waals surface area contributed by atoms with E-state index in [2.05, 4.69) is 24.9 Å². The molecular weight excluding hydrogens is 151 g/mol. The number of hydrogen-bond acceptors (Lipinski definition) is 0. The summed E-state index contributed by atoms with van der Waals surface area (Å²) in [7, 11) is 0.954. The smallest absolute Gasteiger partial charge is 0.0271 e. The standard InChI is InChI=1S/C10H13P/c1-11-10-6-5-8-3-2-4-9(8)7-10/h5-7,11H,2-4H2,1H3. The first-order chi connectivity index (χ1) is 5.40. The van der Waals surface area contributed by atoms with Crippen LogP contribution in [0.2, 0.25) is 0 Å². The summed E-state index contributed by atoms with van der Waals surface area (Å²) in [6.07, 6.45) is 3.99. The monoisotopic (exact) mass is 164 g/mol. The topological polar surface area (TPSA) is 0 Å². The molecule has 1 aliphatic carbocycles.